The molecule has 0 aromatic heterocycles. The van der Waals surface area contributed by atoms with Crippen LogP contribution >= 0.6 is 46.4 Å². The lowest BCUT2D eigenvalue weighted by Crippen LogP contribution is -1.84. The summed E-state index contributed by atoms with van der Waals surface area (Å²) < 4.78 is 0. The Bertz CT molecular complexity index is 445. The number of hydrogen-bond acceptors (Lipinski definition) is 0. The van der Waals surface area contributed by atoms with E-state index >= 15 is 0 Å². The quantitative estimate of drug-likeness (QED) is 0.609. The summed E-state index contributed by atoms with van der Waals surface area (Å²) >= 11 is 24.4. The van der Waals surface area contributed by atoms with Gasteiger partial charge in [0.2, 0.25) is 0 Å². The van der Waals surface area contributed by atoms with Crippen LogP contribution in [0.15, 0.2) is 36.4 Å². The van der Waals surface area contributed by atoms with E-state index in [4.69, 9.17) is 46.4 Å². The molecule has 2 aromatic rings. The second-order valence-electron chi connectivity index (χ2n) is 3.19. The molecule has 4 heteroatoms. The Morgan fingerprint density at radius 1 is 0.500 bits per heavy atom. The highest BCUT2D eigenvalue weighted by Crippen LogP contribution is 2.42. The van der Waals surface area contributed by atoms with Crippen molar-refractivity contribution in [1.82, 2.24) is 0 Å². The largest absolute Gasteiger partial charge is 0.0836 e. The van der Waals surface area contributed by atoms with Crippen molar-refractivity contribution in [1.29, 1.82) is 0 Å². The summed E-state index contributed by atoms with van der Waals surface area (Å²) in [4.78, 5) is 0. The van der Waals surface area contributed by atoms with Crippen molar-refractivity contribution in [3.05, 3.63) is 56.5 Å². The van der Waals surface area contributed by atoms with E-state index < -0.39 is 0 Å². The predicted molar refractivity (Wildman–Crippen MR) is 71.9 cm³/mol. The summed E-state index contributed by atoms with van der Waals surface area (Å²) in [5, 5.41) is 2.12. The summed E-state index contributed by atoms with van der Waals surface area (Å²) in [6, 6.07) is 10.6. The third-order valence-electron chi connectivity index (χ3n) is 2.18. The highest BCUT2D eigenvalue weighted by Gasteiger charge is 2.14. The molecule has 16 heavy (non-hydrogen) atoms. The van der Waals surface area contributed by atoms with Gasteiger partial charge in [-0.1, -0.05) is 58.5 Å². The molecule has 0 atom stereocenters. The van der Waals surface area contributed by atoms with E-state index in [9.17, 15) is 0 Å². The maximum atomic E-state index is 6.11. The lowest BCUT2D eigenvalue weighted by atomic mass is 11.0. The summed E-state index contributed by atoms with van der Waals surface area (Å²) in [5.41, 5.74) is 1.34. The normalized spacial score (nSPS) is 10.5. The molecular formula is C12H6Cl4. The Kier molecular flexibility index (Phi) is 3.66. The lowest BCUT2D eigenvalue weighted by molar-refractivity contribution is 1.61. The molecule has 0 heterocycles. The smallest absolute Gasteiger partial charge is 0.0500 e. The molecule has 0 fully saturated rings. The van der Waals surface area contributed by atoms with Crippen LogP contribution < -0.4 is 0 Å². The van der Waals surface area contributed by atoms with Crippen LogP contribution in [0.3, 0.4) is 0 Å². The lowest BCUT2D eigenvalue weighted by Gasteiger charge is -2.10. The van der Waals surface area contributed by atoms with Crippen LogP contribution in [0, 0.1) is 0 Å². The van der Waals surface area contributed by atoms with Gasteiger partial charge in [-0.15, -0.1) is 0 Å². The zero-order valence-corrected chi connectivity index (χ0v) is 11.0. The van der Waals surface area contributed by atoms with Crippen molar-refractivity contribution < 1.29 is 0 Å². The summed E-state index contributed by atoms with van der Waals surface area (Å²) in [7, 11) is 0. The number of halogens is 4. The molecule has 0 aliphatic heterocycles. The second-order valence-corrected chi connectivity index (χ2v) is 4.82. The first-order chi connectivity index (χ1) is 7.61. The van der Waals surface area contributed by atoms with Crippen LogP contribution in [-0.2, 0) is 0 Å². The standard InChI is InChI=1S/C12H6Cl4/c13-7-3-1-4-8(14)11(7)12-9(15)5-2-6-10(12)16/h1-6H/i1+1,2+1,3+1,4+1,5+1,6+1,7+1,8+1,9+1,10+1,11+1,12+1. The van der Waals surface area contributed by atoms with E-state index in [0.29, 0.717) is 31.2 Å². The summed E-state index contributed by atoms with van der Waals surface area (Å²) in [6.45, 7) is 0. The van der Waals surface area contributed by atoms with E-state index in [2.05, 4.69) is 0 Å². The van der Waals surface area contributed by atoms with Gasteiger partial charge < -0.3 is 0 Å². The average molecular weight is 304 g/mol. The molecule has 0 nitrogen and oxygen atoms in total. The van der Waals surface area contributed by atoms with E-state index in [1.807, 2.05) is 0 Å². The molecule has 0 saturated carbocycles. The number of benzene rings is 2. The first-order valence-corrected chi connectivity index (χ1v) is 6.01. The summed E-state index contributed by atoms with van der Waals surface area (Å²) in [5.74, 6) is 0. The van der Waals surface area contributed by atoms with E-state index in [-0.39, 0.29) is 0 Å². The van der Waals surface area contributed by atoms with Gasteiger partial charge in [-0.25, -0.2) is 0 Å². The van der Waals surface area contributed by atoms with E-state index in [0.717, 1.165) is 0 Å². The minimum Gasteiger partial charge on any atom is -0.0836 e. The fraction of sp³-hybridized carbons (Fsp3) is 0. The van der Waals surface area contributed by atoms with Gasteiger partial charge in [0.05, 0.1) is 0 Å². The predicted octanol–water partition coefficient (Wildman–Crippen LogP) is 5.97. The van der Waals surface area contributed by atoms with Crippen LogP contribution in [0.5, 0.6) is 0 Å². The molecule has 0 radical (unpaired) electrons. The third-order valence-corrected chi connectivity index (χ3v) is 3.44. The van der Waals surface area contributed by atoms with Crippen molar-refractivity contribution in [3.8, 4) is 11.1 Å². The van der Waals surface area contributed by atoms with Crippen molar-refractivity contribution in [2.24, 2.45) is 0 Å². The van der Waals surface area contributed by atoms with Gasteiger partial charge in [-0.2, -0.15) is 0 Å². The van der Waals surface area contributed by atoms with Gasteiger partial charge >= 0.3 is 0 Å². The topological polar surface area (TPSA) is 0 Å². The molecule has 0 aliphatic rings. The minimum absolute atomic E-state index is 0.530. The van der Waals surface area contributed by atoms with Gasteiger partial charge in [-0.05, 0) is 24.3 Å². The van der Waals surface area contributed by atoms with Gasteiger partial charge in [-0.3, -0.25) is 0 Å². The summed E-state index contributed by atoms with van der Waals surface area (Å²) in [6.07, 6.45) is 0. The monoisotopic (exact) mass is 302 g/mol. The van der Waals surface area contributed by atoms with Crippen molar-refractivity contribution >= 4 is 46.4 Å². The average Bonchev–Trinajstić information content (AvgIpc) is 2.21. The maximum absolute atomic E-state index is 6.11. The third kappa shape index (κ3) is 2.16. The minimum atomic E-state index is 0.530. The Labute approximate surface area is 114 Å². The van der Waals surface area contributed by atoms with Crippen LogP contribution in [0.25, 0.3) is 11.1 Å². The Morgan fingerprint density at radius 3 is 1.00 bits per heavy atom. The maximum Gasteiger partial charge on any atom is 0.0500 e. The van der Waals surface area contributed by atoms with Gasteiger partial charge in [0.15, 0.2) is 0 Å². The van der Waals surface area contributed by atoms with Gasteiger partial charge in [0, 0.05) is 31.2 Å². The molecule has 0 unspecified atom stereocenters. The molecule has 2 aromatic carbocycles. The van der Waals surface area contributed by atoms with E-state index in [1.165, 1.54) is 0 Å². The first kappa shape index (κ1) is 12.1. The Morgan fingerprint density at radius 2 is 0.750 bits per heavy atom. The van der Waals surface area contributed by atoms with Crippen molar-refractivity contribution in [3.63, 3.8) is 0 Å². The zero-order chi connectivity index (χ0) is 11.7. The molecule has 2 rings (SSSR count). The number of hydrogen-bond donors (Lipinski definition) is 0. The van der Waals surface area contributed by atoms with Crippen LogP contribution in [0.1, 0.15) is 0 Å². The zero-order valence-electron chi connectivity index (χ0n) is 7.98. The van der Waals surface area contributed by atoms with Crippen LogP contribution in [-0.4, -0.2) is 0 Å². The van der Waals surface area contributed by atoms with Crippen LogP contribution in [0.4, 0.5) is 0 Å². The van der Waals surface area contributed by atoms with Gasteiger partial charge in [0.1, 0.15) is 0 Å². The van der Waals surface area contributed by atoms with Crippen molar-refractivity contribution in [2.75, 3.05) is 0 Å². The molecule has 0 amide bonds. The molecule has 0 bridgehead atoms. The first-order valence-electron chi connectivity index (χ1n) is 4.49. The molecule has 0 aliphatic carbocycles. The molecule has 0 spiro atoms. The number of rotatable bonds is 1. The van der Waals surface area contributed by atoms with Crippen molar-refractivity contribution in [2.45, 2.75) is 0 Å². The Hall–Kier alpha value is -0.400. The van der Waals surface area contributed by atoms with Gasteiger partial charge in [0.25, 0.3) is 0 Å². The molecular weight excluding hydrogens is 298 g/mol. The second kappa shape index (κ2) is 4.85. The SMILES string of the molecule is Cl[13c]1[13cH][13cH][13cH][13c](Cl)[13c]1-[13c]1[13c](Cl)[13cH][13cH][13cH][13c]1Cl. The molecule has 82 valence electrons. The highest BCUT2D eigenvalue weighted by atomic mass is 35.5. The fourth-order valence-corrected chi connectivity index (χ4v) is 2.65. The fourth-order valence-electron chi connectivity index (χ4n) is 1.47. The Balaban J connectivity index is 2.77. The molecule has 0 saturated heterocycles. The van der Waals surface area contributed by atoms with Crippen LogP contribution in [0.2, 0.25) is 20.1 Å². The highest BCUT2D eigenvalue weighted by molar-refractivity contribution is 6.44. The molecule has 0 N–H and O–H groups in total. The van der Waals surface area contributed by atoms with E-state index in [1.54, 1.807) is 36.4 Å².